The number of carbonyl (C=O) groups is 2. The molecule has 3 aromatic rings. The third-order valence-electron chi connectivity index (χ3n) is 5.22. The summed E-state index contributed by atoms with van der Waals surface area (Å²) in [6.45, 7) is 4.31. The predicted octanol–water partition coefficient (Wildman–Crippen LogP) is 4.70. The van der Waals surface area contributed by atoms with E-state index in [1.165, 1.54) is 0 Å². The van der Waals surface area contributed by atoms with Crippen molar-refractivity contribution in [3.05, 3.63) is 77.7 Å². The normalized spacial score (nSPS) is 16.1. The number of imide groups is 1. The number of hydrogen-bond donors (Lipinski definition) is 1. The summed E-state index contributed by atoms with van der Waals surface area (Å²) in [5.41, 5.74) is 3.75. The molecule has 0 bridgehead atoms. The summed E-state index contributed by atoms with van der Waals surface area (Å²) in [4.78, 5) is 27.3. The number of oxazole rings is 1. The second-order valence-electron chi connectivity index (χ2n) is 7.52. The van der Waals surface area contributed by atoms with Crippen molar-refractivity contribution in [2.75, 3.05) is 6.61 Å². The largest absolute Gasteiger partial charge is 0.493 e. The molecule has 1 fully saturated rings. The molecular weight excluding hydrogens is 408 g/mol. The van der Waals surface area contributed by atoms with Gasteiger partial charge >= 0.3 is 6.09 Å². The number of amides is 2. The lowest BCUT2D eigenvalue weighted by atomic mass is 10.0. The van der Waals surface area contributed by atoms with E-state index in [0.29, 0.717) is 25.3 Å². The van der Waals surface area contributed by atoms with E-state index < -0.39 is 18.1 Å². The number of rotatable bonds is 8. The average molecular weight is 432 g/mol. The van der Waals surface area contributed by atoms with Gasteiger partial charge in [0.1, 0.15) is 11.5 Å². The van der Waals surface area contributed by atoms with Crippen LogP contribution in [0.4, 0.5) is 4.79 Å². The summed E-state index contributed by atoms with van der Waals surface area (Å²) in [7, 11) is 0. The number of alkyl carbamates (subject to hydrolysis) is 1. The molecule has 2 heterocycles. The molecule has 1 N–H and O–H groups in total. The smallest absolute Gasteiger partial charge is 0.414 e. The van der Waals surface area contributed by atoms with Crippen molar-refractivity contribution in [3.8, 4) is 17.2 Å². The fraction of sp³-hybridized carbons (Fsp3) is 0.240. The zero-order chi connectivity index (χ0) is 22.5. The first kappa shape index (κ1) is 21.4. The molecule has 1 aliphatic rings. The van der Waals surface area contributed by atoms with Gasteiger partial charge in [0.2, 0.25) is 5.89 Å². The van der Waals surface area contributed by atoms with Crippen molar-refractivity contribution in [1.29, 1.82) is 0 Å². The fourth-order valence-corrected chi connectivity index (χ4v) is 3.41. The number of aryl methyl sites for hydroxylation is 1. The van der Waals surface area contributed by atoms with Gasteiger partial charge in [-0.2, -0.15) is 0 Å². The summed E-state index contributed by atoms with van der Waals surface area (Å²) in [5, 5.41) is 2.13. The maximum Gasteiger partial charge on any atom is 0.414 e. The van der Waals surface area contributed by atoms with Crippen LogP contribution in [0.5, 0.6) is 5.75 Å². The van der Waals surface area contributed by atoms with Gasteiger partial charge in [-0.1, -0.05) is 36.4 Å². The van der Waals surface area contributed by atoms with Gasteiger partial charge in [0.25, 0.3) is 5.91 Å². The van der Waals surface area contributed by atoms with E-state index in [0.717, 1.165) is 33.9 Å². The number of nitrogens with zero attached hydrogens (tertiary/aromatic N) is 1. The number of hydrogen-bond acceptors (Lipinski definition) is 6. The van der Waals surface area contributed by atoms with Crippen LogP contribution in [-0.2, 0) is 16.0 Å². The standard InChI is InChI=1S/C25H24N2O5/c1-16(11-12-22-23(28)27-25(29)32-22)19-9-6-10-20(15-19)30-14-13-21-17(2)31-24(26-21)18-7-4-3-5-8-18/h3-11,15,22H,12-14H2,1-2H3,(H,27,28,29)/b16-11+. The molecule has 2 aromatic carbocycles. The minimum absolute atomic E-state index is 0.323. The molecule has 164 valence electrons. The number of benzene rings is 2. The van der Waals surface area contributed by atoms with Gasteiger partial charge in [-0.25, -0.2) is 9.78 Å². The average Bonchev–Trinajstić information content (AvgIpc) is 3.33. The Morgan fingerprint density at radius 1 is 1.16 bits per heavy atom. The Labute approximate surface area is 186 Å². The zero-order valence-electron chi connectivity index (χ0n) is 18.0. The topological polar surface area (TPSA) is 90.7 Å². The molecule has 0 radical (unpaired) electrons. The molecule has 1 atom stereocenters. The van der Waals surface area contributed by atoms with E-state index in [1.807, 2.05) is 74.5 Å². The van der Waals surface area contributed by atoms with Crippen LogP contribution in [0, 0.1) is 6.92 Å². The summed E-state index contributed by atoms with van der Waals surface area (Å²) < 4.78 is 16.7. The second kappa shape index (κ2) is 9.51. The van der Waals surface area contributed by atoms with E-state index >= 15 is 0 Å². The highest BCUT2D eigenvalue weighted by molar-refractivity contribution is 6.00. The van der Waals surface area contributed by atoms with Crippen molar-refractivity contribution in [1.82, 2.24) is 10.3 Å². The van der Waals surface area contributed by atoms with E-state index in [9.17, 15) is 9.59 Å². The van der Waals surface area contributed by atoms with Gasteiger partial charge in [0, 0.05) is 18.4 Å². The minimum Gasteiger partial charge on any atom is -0.493 e. The van der Waals surface area contributed by atoms with Gasteiger partial charge in [0.05, 0.1) is 12.3 Å². The van der Waals surface area contributed by atoms with Gasteiger partial charge < -0.3 is 13.9 Å². The Morgan fingerprint density at radius 2 is 1.97 bits per heavy atom. The second-order valence-corrected chi connectivity index (χ2v) is 7.52. The van der Waals surface area contributed by atoms with Crippen molar-refractivity contribution in [3.63, 3.8) is 0 Å². The Hall–Kier alpha value is -3.87. The summed E-state index contributed by atoms with van der Waals surface area (Å²) in [6.07, 6.45) is 1.36. The monoisotopic (exact) mass is 432 g/mol. The van der Waals surface area contributed by atoms with Crippen LogP contribution in [0.3, 0.4) is 0 Å². The SMILES string of the molecule is C/C(=C\CC1OC(=O)NC1=O)c1cccc(OCCc2nc(-c3ccccc3)oc2C)c1. The number of nitrogens with one attached hydrogen (secondary N) is 1. The van der Waals surface area contributed by atoms with Crippen LogP contribution in [0.15, 0.2) is 65.1 Å². The van der Waals surface area contributed by atoms with Gasteiger partial charge in [-0.3, -0.25) is 10.1 Å². The van der Waals surface area contributed by atoms with E-state index in [2.05, 4.69) is 10.3 Å². The molecular formula is C25H24N2O5. The van der Waals surface area contributed by atoms with Crippen LogP contribution < -0.4 is 10.1 Å². The number of aromatic nitrogens is 1. The Morgan fingerprint density at radius 3 is 2.72 bits per heavy atom. The minimum atomic E-state index is -0.775. The molecule has 2 amide bonds. The third-order valence-corrected chi connectivity index (χ3v) is 5.22. The molecule has 1 saturated heterocycles. The zero-order valence-corrected chi connectivity index (χ0v) is 18.0. The lowest BCUT2D eigenvalue weighted by Crippen LogP contribution is -2.23. The van der Waals surface area contributed by atoms with Crippen molar-refractivity contribution in [2.24, 2.45) is 0 Å². The number of allylic oxidation sites excluding steroid dienone is 1. The van der Waals surface area contributed by atoms with E-state index in [4.69, 9.17) is 13.9 Å². The van der Waals surface area contributed by atoms with Gasteiger partial charge in [-0.05, 0) is 49.2 Å². The van der Waals surface area contributed by atoms with E-state index in [1.54, 1.807) is 0 Å². The summed E-state index contributed by atoms with van der Waals surface area (Å²) in [5.74, 6) is 1.73. The Balaban J connectivity index is 1.34. The van der Waals surface area contributed by atoms with Gasteiger partial charge in [0.15, 0.2) is 6.10 Å². The molecule has 32 heavy (non-hydrogen) atoms. The molecule has 1 aromatic heterocycles. The lowest BCUT2D eigenvalue weighted by molar-refractivity contribution is -0.123. The summed E-state index contributed by atoms with van der Waals surface area (Å²) in [6, 6.07) is 17.5. The highest BCUT2D eigenvalue weighted by Crippen LogP contribution is 2.23. The first-order chi connectivity index (χ1) is 15.5. The molecule has 1 unspecified atom stereocenters. The molecule has 1 aliphatic heterocycles. The number of carbonyl (C=O) groups excluding carboxylic acids is 2. The van der Waals surface area contributed by atoms with Crippen LogP contribution in [-0.4, -0.2) is 29.7 Å². The number of ether oxygens (including phenoxy) is 2. The number of cyclic esters (lactones) is 1. The predicted molar refractivity (Wildman–Crippen MR) is 119 cm³/mol. The first-order valence-corrected chi connectivity index (χ1v) is 10.4. The first-order valence-electron chi connectivity index (χ1n) is 10.4. The molecule has 4 rings (SSSR count). The van der Waals surface area contributed by atoms with Crippen LogP contribution in [0.2, 0.25) is 0 Å². The van der Waals surface area contributed by atoms with Crippen LogP contribution >= 0.6 is 0 Å². The maximum atomic E-state index is 11.6. The van der Waals surface area contributed by atoms with E-state index in [-0.39, 0.29) is 0 Å². The van der Waals surface area contributed by atoms with Crippen molar-refractivity contribution < 1.29 is 23.5 Å². The molecule has 7 nitrogen and oxygen atoms in total. The Kier molecular flexibility index (Phi) is 6.35. The Bertz CT molecular complexity index is 1150. The highest BCUT2D eigenvalue weighted by atomic mass is 16.6. The lowest BCUT2D eigenvalue weighted by Gasteiger charge is -2.09. The third kappa shape index (κ3) is 5.06. The summed E-state index contributed by atoms with van der Waals surface area (Å²) >= 11 is 0. The fourth-order valence-electron chi connectivity index (χ4n) is 3.41. The molecule has 0 saturated carbocycles. The molecule has 7 heteroatoms. The maximum absolute atomic E-state index is 11.6. The van der Waals surface area contributed by atoms with Crippen LogP contribution in [0.1, 0.15) is 30.4 Å². The quantitative estimate of drug-likeness (QED) is 0.555. The molecule has 0 aliphatic carbocycles. The van der Waals surface area contributed by atoms with Crippen LogP contribution in [0.25, 0.3) is 17.0 Å². The highest BCUT2D eigenvalue weighted by Gasteiger charge is 2.30. The van der Waals surface area contributed by atoms with Crippen molar-refractivity contribution in [2.45, 2.75) is 32.8 Å². The molecule has 0 spiro atoms. The van der Waals surface area contributed by atoms with Crippen molar-refractivity contribution >= 4 is 17.6 Å². The van der Waals surface area contributed by atoms with Gasteiger partial charge in [-0.15, -0.1) is 0 Å².